The number of ether oxygens (including phenoxy) is 1. The van der Waals surface area contributed by atoms with Crippen LogP contribution in [0.4, 0.5) is 4.39 Å². The average molecular weight is 311 g/mol. The molecular formula is C13H12BrFN2O. The van der Waals surface area contributed by atoms with E-state index in [4.69, 9.17) is 10.5 Å². The minimum absolute atomic E-state index is 0.176. The van der Waals surface area contributed by atoms with Gasteiger partial charge in [-0.3, -0.25) is 4.98 Å². The summed E-state index contributed by atoms with van der Waals surface area (Å²) in [6, 6.07) is 7.84. The molecule has 0 amide bonds. The highest BCUT2D eigenvalue weighted by molar-refractivity contribution is 9.10. The van der Waals surface area contributed by atoms with Gasteiger partial charge in [-0.05, 0) is 34.1 Å². The number of hydrogen-bond acceptors (Lipinski definition) is 3. The maximum Gasteiger partial charge on any atom is 0.170 e. The Bertz CT molecular complexity index is 562. The number of pyridine rings is 1. The van der Waals surface area contributed by atoms with Gasteiger partial charge in [-0.15, -0.1) is 0 Å². The number of methoxy groups -OCH3 is 1. The van der Waals surface area contributed by atoms with E-state index in [0.717, 1.165) is 4.47 Å². The van der Waals surface area contributed by atoms with Crippen molar-refractivity contribution in [3.63, 3.8) is 0 Å². The second-order valence-electron chi connectivity index (χ2n) is 3.71. The lowest BCUT2D eigenvalue weighted by atomic mass is 10.0. The molecule has 2 N–H and O–H groups in total. The molecule has 2 aromatic rings. The summed E-state index contributed by atoms with van der Waals surface area (Å²) in [5.74, 6) is -0.278. The Morgan fingerprint density at radius 2 is 2.11 bits per heavy atom. The minimum Gasteiger partial charge on any atom is -0.494 e. The van der Waals surface area contributed by atoms with Gasteiger partial charge in [-0.25, -0.2) is 4.39 Å². The molecule has 0 aliphatic heterocycles. The molecule has 0 saturated carbocycles. The van der Waals surface area contributed by atoms with E-state index in [9.17, 15) is 4.39 Å². The summed E-state index contributed by atoms with van der Waals surface area (Å²) >= 11 is 3.36. The summed E-state index contributed by atoms with van der Waals surface area (Å²) in [6.45, 7) is 0. The number of nitrogens with zero attached hydrogens (tertiary/aromatic N) is 1. The monoisotopic (exact) mass is 310 g/mol. The van der Waals surface area contributed by atoms with Crippen molar-refractivity contribution < 1.29 is 9.13 Å². The van der Waals surface area contributed by atoms with Crippen molar-refractivity contribution in [1.82, 2.24) is 4.98 Å². The first-order valence-corrected chi connectivity index (χ1v) is 6.13. The maximum absolute atomic E-state index is 14.1. The lowest BCUT2D eigenvalue weighted by Gasteiger charge is -2.15. The van der Waals surface area contributed by atoms with E-state index < -0.39 is 11.9 Å². The van der Waals surface area contributed by atoms with Gasteiger partial charge >= 0.3 is 0 Å². The van der Waals surface area contributed by atoms with E-state index in [1.165, 1.54) is 7.11 Å². The molecule has 18 heavy (non-hydrogen) atoms. The van der Waals surface area contributed by atoms with Crippen LogP contribution >= 0.6 is 15.9 Å². The number of aromatic nitrogens is 1. The topological polar surface area (TPSA) is 48.1 Å². The van der Waals surface area contributed by atoms with Crippen LogP contribution in [0.1, 0.15) is 17.3 Å². The van der Waals surface area contributed by atoms with Gasteiger partial charge in [-0.1, -0.05) is 12.1 Å². The molecule has 1 aromatic carbocycles. The Morgan fingerprint density at radius 3 is 2.78 bits per heavy atom. The Kier molecular flexibility index (Phi) is 3.93. The van der Waals surface area contributed by atoms with Crippen LogP contribution in [0, 0.1) is 5.82 Å². The van der Waals surface area contributed by atoms with Gasteiger partial charge in [0.1, 0.15) is 0 Å². The van der Waals surface area contributed by atoms with E-state index in [-0.39, 0.29) is 5.75 Å². The quantitative estimate of drug-likeness (QED) is 0.948. The van der Waals surface area contributed by atoms with Crippen LogP contribution in [0.5, 0.6) is 5.75 Å². The molecule has 3 nitrogen and oxygen atoms in total. The normalized spacial score (nSPS) is 12.2. The smallest absolute Gasteiger partial charge is 0.170 e. The van der Waals surface area contributed by atoms with Gasteiger partial charge in [0, 0.05) is 16.2 Å². The molecule has 0 radical (unpaired) electrons. The molecule has 1 heterocycles. The van der Waals surface area contributed by atoms with Gasteiger partial charge in [-0.2, -0.15) is 0 Å². The van der Waals surface area contributed by atoms with E-state index in [1.807, 2.05) is 6.07 Å². The molecule has 5 heteroatoms. The highest BCUT2D eigenvalue weighted by Crippen LogP contribution is 2.29. The second-order valence-corrected chi connectivity index (χ2v) is 4.57. The molecule has 0 aliphatic carbocycles. The van der Waals surface area contributed by atoms with Crippen LogP contribution in [-0.2, 0) is 0 Å². The van der Waals surface area contributed by atoms with Gasteiger partial charge < -0.3 is 10.5 Å². The van der Waals surface area contributed by atoms with Crippen LogP contribution in [0.3, 0.4) is 0 Å². The van der Waals surface area contributed by atoms with Crippen molar-refractivity contribution in [2.75, 3.05) is 7.11 Å². The zero-order chi connectivity index (χ0) is 13.1. The van der Waals surface area contributed by atoms with Crippen LogP contribution in [-0.4, -0.2) is 12.1 Å². The molecule has 94 valence electrons. The van der Waals surface area contributed by atoms with Gasteiger partial charge in [0.15, 0.2) is 11.6 Å². The third-order valence-electron chi connectivity index (χ3n) is 2.63. The fourth-order valence-electron chi connectivity index (χ4n) is 1.70. The molecule has 0 bridgehead atoms. The molecule has 0 saturated heterocycles. The summed E-state index contributed by atoms with van der Waals surface area (Å²) in [5.41, 5.74) is 7.00. The number of hydrogen-bond donors (Lipinski definition) is 1. The predicted molar refractivity (Wildman–Crippen MR) is 70.9 cm³/mol. The van der Waals surface area contributed by atoms with Crippen LogP contribution < -0.4 is 10.5 Å². The fourth-order valence-corrected chi connectivity index (χ4v) is 2.20. The van der Waals surface area contributed by atoms with E-state index in [2.05, 4.69) is 20.9 Å². The lowest BCUT2D eigenvalue weighted by molar-refractivity contribution is 0.383. The molecule has 2 rings (SSSR count). The van der Waals surface area contributed by atoms with Gasteiger partial charge in [0.2, 0.25) is 0 Å². The van der Waals surface area contributed by atoms with Gasteiger partial charge in [0.25, 0.3) is 0 Å². The highest BCUT2D eigenvalue weighted by atomic mass is 79.9. The van der Waals surface area contributed by atoms with E-state index >= 15 is 0 Å². The summed E-state index contributed by atoms with van der Waals surface area (Å²) in [4.78, 5) is 4.17. The fraction of sp³-hybridized carbons (Fsp3) is 0.154. The third kappa shape index (κ3) is 2.37. The number of nitrogens with two attached hydrogens (primary N) is 1. The Labute approximate surface area is 113 Å². The van der Waals surface area contributed by atoms with Crippen LogP contribution in [0.15, 0.2) is 41.0 Å². The standard InChI is InChI=1S/C13H12BrFN2O/c1-18-10-6-2-4-8(11(10)15)12(16)13-9(14)5-3-7-17-13/h2-7,12H,16H2,1H3. The molecule has 0 aliphatic rings. The van der Waals surface area contributed by atoms with Crippen molar-refractivity contribution in [2.24, 2.45) is 5.73 Å². The van der Waals surface area contributed by atoms with E-state index in [1.54, 1.807) is 30.5 Å². The predicted octanol–water partition coefficient (Wildman–Crippen LogP) is 3.04. The summed E-state index contributed by atoms with van der Waals surface area (Å²) in [7, 11) is 1.42. The zero-order valence-corrected chi connectivity index (χ0v) is 11.3. The SMILES string of the molecule is COc1cccc(C(N)c2ncccc2Br)c1F. The van der Waals surface area contributed by atoms with Crippen molar-refractivity contribution in [3.8, 4) is 5.75 Å². The number of benzene rings is 1. The lowest BCUT2D eigenvalue weighted by Crippen LogP contribution is -2.16. The van der Waals surface area contributed by atoms with Crippen molar-refractivity contribution in [1.29, 1.82) is 0 Å². The first kappa shape index (κ1) is 13.0. The Morgan fingerprint density at radius 1 is 1.33 bits per heavy atom. The minimum atomic E-state index is -0.643. The van der Waals surface area contributed by atoms with Crippen molar-refractivity contribution >= 4 is 15.9 Å². The number of rotatable bonds is 3. The summed E-state index contributed by atoms with van der Waals surface area (Å²) < 4.78 is 19.8. The van der Waals surface area contributed by atoms with Gasteiger partial charge in [0.05, 0.1) is 18.8 Å². The van der Waals surface area contributed by atoms with Crippen LogP contribution in [0.2, 0.25) is 0 Å². The average Bonchev–Trinajstić information content (AvgIpc) is 2.39. The highest BCUT2D eigenvalue weighted by Gasteiger charge is 2.19. The molecule has 1 unspecified atom stereocenters. The summed E-state index contributed by atoms with van der Waals surface area (Å²) in [6.07, 6.45) is 1.62. The zero-order valence-electron chi connectivity index (χ0n) is 9.73. The Balaban J connectivity index is 2.47. The third-order valence-corrected chi connectivity index (χ3v) is 3.30. The largest absolute Gasteiger partial charge is 0.494 e. The van der Waals surface area contributed by atoms with Crippen molar-refractivity contribution in [2.45, 2.75) is 6.04 Å². The molecule has 0 fully saturated rings. The molecule has 0 spiro atoms. The Hall–Kier alpha value is -1.46. The summed E-state index contributed by atoms with van der Waals surface area (Å²) in [5, 5.41) is 0. The molecule has 1 aromatic heterocycles. The first-order valence-electron chi connectivity index (χ1n) is 5.33. The maximum atomic E-state index is 14.1. The van der Waals surface area contributed by atoms with Crippen LogP contribution in [0.25, 0.3) is 0 Å². The van der Waals surface area contributed by atoms with E-state index in [0.29, 0.717) is 11.3 Å². The number of halogens is 2. The van der Waals surface area contributed by atoms with Crippen molar-refractivity contribution in [3.05, 3.63) is 58.1 Å². The second kappa shape index (κ2) is 5.46. The first-order chi connectivity index (χ1) is 8.65. The molecule has 1 atom stereocenters. The molecular weight excluding hydrogens is 299 g/mol.